The van der Waals surface area contributed by atoms with Crippen LogP contribution in [0.1, 0.15) is 52.2 Å². The second kappa shape index (κ2) is 10.3. The summed E-state index contributed by atoms with van der Waals surface area (Å²) in [6.07, 6.45) is 8.62. The van der Waals surface area contributed by atoms with E-state index in [1.807, 2.05) is 31.2 Å². The van der Waals surface area contributed by atoms with Crippen molar-refractivity contribution in [3.8, 4) is 0 Å². The first-order chi connectivity index (χ1) is 16.0. The molecule has 3 rings (SSSR count). The van der Waals surface area contributed by atoms with Crippen LogP contribution in [0.3, 0.4) is 0 Å². The first-order valence-corrected chi connectivity index (χ1v) is 11.5. The van der Waals surface area contributed by atoms with E-state index in [1.165, 1.54) is 0 Å². The van der Waals surface area contributed by atoms with Crippen molar-refractivity contribution in [3.63, 3.8) is 0 Å². The third-order valence-electron chi connectivity index (χ3n) is 5.45. The fourth-order valence-corrected chi connectivity index (χ4v) is 3.77. The van der Waals surface area contributed by atoms with E-state index in [-0.39, 0.29) is 18.4 Å². The Labute approximate surface area is 200 Å². The maximum Gasteiger partial charge on any atom is 0.412 e. The lowest BCUT2D eigenvalue weighted by atomic mass is 9.90. The van der Waals surface area contributed by atoms with Gasteiger partial charge in [0.15, 0.2) is 0 Å². The van der Waals surface area contributed by atoms with Crippen LogP contribution < -0.4 is 10.6 Å². The molecule has 3 unspecified atom stereocenters. The molecule has 0 aliphatic heterocycles. The number of amides is 2. The summed E-state index contributed by atoms with van der Waals surface area (Å²) in [5.41, 5.74) is 3.98. The van der Waals surface area contributed by atoms with Gasteiger partial charge in [0, 0.05) is 36.6 Å². The number of halogens is 1. The fraction of sp³-hybridized carbons (Fsp3) is 0.462. The molecule has 2 aliphatic carbocycles. The number of allylic oxidation sites excluding steroid dienone is 4. The normalized spacial score (nSPS) is 23.1. The standard InChI is InChI=1S/C26H33FN4O3/c1-7-16-8-9-29-14-20(16)17-11-18(10-15(2)30-24(32)19-13-21(19)27)23(28-6)22(12-17)31-25(33)34-26(3,4)5/h8-12,14-15,19,21H,7,13H2,1-6H3,(H,30,32)(H,31,33)/b18-10-,28-23?. The molecule has 182 valence electrons. The van der Waals surface area contributed by atoms with Crippen LogP contribution in [-0.4, -0.2) is 47.6 Å². The summed E-state index contributed by atoms with van der Waals surface area (Å²) >= 11 is 0. The highest BCUT2D eigenvalue weighted by Crippen LogP contribution is 2.34. The van der Waals surface area contributed by atoms with Gasteiger partial charge in [0.2, 0.25) is 5.91 Å². The number of rotatable bonds is 6. The van der Waals surface area contributed by atoms with Gasteiger partial charge < -0.3 is 10.1 Å². The van der Waals surface area contributed by atoms with Gasteiger partial charge >= 0.3 is 6.09 Å². The predicted octanol–water partition coefficient (Wildman–Crippen LogP) is 4.31. The molecule has 3 atom stereocenters. The highest BCUT2D eigenvalue weighted by Gasteiger charge is 2.43. The van der Waals surface area contributed by atoms with Gasteiger partial charge in [-0.3, -0.25) is 20.1 Å². The van der Waals surface area contributed by atoms with E-state index >= 15 is 0 Å². The fourth-order valence-electron chi connectivity index (χ4n) is 3.77. The molecule has 1 saturated carbocycles. The number of aliphatic imine (C=N–C) groups is 1. The van der Waals surface area contributed by atoms with Crippen LogP contribution in [-0.2, 0) is 16.0 Å². The third-order valence-corrected chi connectivity index (χ3v) is 5.45. The highest BCUT2D eigenvalue weighted by molar-refractivity contribution is 6.19. The Bertz CT molecular complexity index is 1080. The van der Waals surface area contributed by atoms with Gasteiger partial charge in [-0.05, 0) is 69.9 Å². The lowest BCUT2D eigenvalue weighted by Gasteiger charge is -2.24. The van der Waals surface area contributed by atoms with Crippen molar-refractivity contribution in [1.82, 2.24) is 15.6 Å². The number of alkyl carbamates (subject to hydrolysis) is 1. The van der Waals surface area contributed by atoms with Gasteiger partial charge in [-0.2, -0.15) is 0 Å². The molecule has 0 radical (unpaired) electrons. The maximum atomic E-state index is 13.3. The molecule has 1 aromatic rings. The minimum atomic E-state index is -1.06. The molecule has 1 fully saturated rings. The Morgan fingerprint density at radius 2 is 2.06 bits per heavy atom. The number of hydrogen-bond donors (Lipinski definition) is 2. The van der Waals surface area contributed by atoms with E-state index in [0.29, 0.717) is 11.4 Å². The van der Waals surface area contributed by atoms with E-state index in [4.69, 9.17) is 4.74 Å². The Morgan fingerprint density at radius 3 is 2.65 bits per heavy atom. The van der Waals surface area contributed by atoms with Crippen molar-refractivity contribution in [3.05, 3.63) is 59.1 Å². The predicted molar refractivity (Wildman–Crippen MR) is 131 cm³/mol. The summed E-state index contributed by atoms with van der Waals surface area (Å²) in [6, 6.07) is 1.59. The number of carbonyl (C=O) groups is 2. The molecule has 7 nitrogen and oxygen atoms in total. The number of hydrogen-bond acceptors (Lipinski definition) is 5. The molecular weight excluding hydrogens is 435 g/mol. The van der Waals surface area contributed by atoms with Gasteiger partial charge in [-0.25, -0.2) is 9.18 Å². The molecule has 1 aromatic heterocycles. The highest BCUT2D eigenvalue weighted by atomic mass is 19.1. The zero-order valence-corrected chi connectivity index (χ0v) is 20.6. The van der Waals surface area contributed by atoms with Crippen LogP contribution in [0.5, 0.6) is 0 Å². The van der Waals surface area contributed by atoms with Gasteiger partial charge in [-0.15, -0.1) is 0 Å². The zero-order valence-electron chi connectivity index (χ0n) is 20.6. The van der Waals surface area contributed by atoms with Gasteiger partial charge in [-0.1, -0.05) is 13.0 Å². The molecule has 2 N–H and O–H groups in total. The average molecular weight is 469 g/mol. The number of nitrogens with one attached hydrogen (secondary N) is 2. The van der Waals surface area contributed by atoms with E-state index < -0.39 is 23.8 Å². The van der Waals surface area contributed by atoms with Crippen molar-refractivity contribution >= 4 is 23.3 Å². The molecule has 34 heavy (non-hydrogen) atoms. The molecule has 0 aromatic carbocycles. The molecule has 1 heterocycles. The summed E-state index contributed by atoms with van der Waals surface area (Å²) in [5, 5.41) is 5.67. The van der Waals surface area contributed by atoms with Gasteiger partial charge in [0.25, 0.3) is 0 Å². The van der Waals surface area contributed by atoms with E-state index in [9.17, 15) is 14.0 Å². The monoisotopic (exact) mass is 468 g/mol. The lowest BCUT2D eigenvalue weighted by Crippen LogP contribution is -2.36. The summed E-state index contributed by atoms with van der Waals surface area (Å²) < 4.78 is 18.7. The number of aromatic nitrogens is 1. The van der Waals surface area contributed by atoms with Crippen LogP contribution in [0.2, 0.25) is 0 Å². The maximum absolute atomic E-state index is 13.3. The van der Waals surface area contributed by atoms with Crippen LogP contribution >= 0.6 is 0 Å². The van der Waals surface area contributed by atoms with Crippen molar-refractivity contribution in [2.24, 2.45) is 10.9 Å². The van der Waals surface area contributed by atoms with Gasteiger partial charge in [0.1, 0.15) is 11.8 Å². The Balaban J connectivity index is 1.98. The van der Waals surface area contributed by atoms with Crippen LogP contribution in [0, 0.1) is 5.92 Å². The van der Waals surface area contributed by atoms with Crippen molar-refractivity contribution in [2.75, 3.05) is 7.05 Å². The van der Waals surface area contributed by atoms with Crippen molar-refractivity contribution in [1.29, 1.82) is 0 Å². The van der Waals surface area contributed by atoms with Crippen molar-refractivity contribution < 1.29 is 18.7 Å². The summed E-state index contributed by atoms with van der Waals surface area (Å²) in [6.45, 7) is 9.27. The number of alkyl halides is 1. The quantitative estimate of drug-likeness (QED) is 0.651. The number of carbonyl (C=O) groups excluding carboxylic acids is 2. The molecule has 2 aliphatic rings. The van der Waals surface area contributed by atoms with Crippen LogP contribution in [0.4, 0.5) is 9.18 Å². The largest absolute Gasteiger partial charge is 0.444 e. The first kappa shape index (κ1) is 25.3. The minimum absolute atomic E-state index is 0.272. The molecular formula is C26H33FN4O3. The topological polar surface area (TPSA) is 92.7 Å². The Kier molecular flexibility index (Phi) is 7.69. The van der Waals surface area contributed by atoms with E-state index in [2.05, 4.69) is 27.5 Å². The molecule has 8 heteroatoms. The summed E-state index contributed by atoms with van der Waals surface area (Å²) in [5.74, 6) is -0.862. The second-order valence-electron chi connectivity index (χ2n) is 9.52. The summed E-state index contributed by atoms with van der Waals surface area (Å²) in [7, 11) is 1.63. The number of aryl methyl sites for hydroxylation is 1. The lowest BCUT2D eigenvalue weighted by molar-refractivity contribution is -0.123. The summed E-state index contributed by atoms with van der Waals surface area (Å²) in [4.78, 5) is 33.5. The second-order valence-corrected chi connectivity index (χ2v) is 9.52. The van der Waals surface area contributed by atoms with Crippen LogP contribution in [0.25, 0.3) is 5.57 Å². The molecule has 2 amide bonds. The van der Waals surface area contributed by atoms with E-state index in [1.54, 1.807) is 40.2 Å². The first-order valence-electron chi connectivity index (χ1n) is 11.5. The van der Waals surface area contributed by atoms with E-state index in [0.717, 1.165) is 28.7 Å². The van der Waals surface area contributed by atoms with Crippen molar-refractivity contribution in [2.45, 2.75) is 65.3 Å². The Hall–Kier alpha value is -3.29. The Morgan fingerprint density at radius 1 is 1.35 bits per heavy atom. The number of pyridine rings is 1. The van der Waals surface area contributed by atoms with Gasteiger partial charge in [0.05, 0.1) is 17.3 Å². The SMILES string of the molecule is CCc1ccncc1C1=C/C(=C/C(C)NC(=O)C2CC2F)C(=NC)C(NC(=O)OC(C)(C)C)=C1. The average Bonchev–Trinajstić information content (AvgIpc) is 3.48. The number of nitrogens with zero attached hydrogens (tertiary/aromatic N) is 2. The molecule has 0 spiro atoms. The molecule has 0 bridgehead atoms. The minimum Gasteiger partial charge on any atom is -0.444 e. The molecule has 0 saturated heterocycles. The zero-order chi connectivity index (χ0) is 25.0. The smallest absolute Gasteiger partial charge is 0.412 e. The number of ether oxygens (including phenoxy) is 1. The third kappa shape index (κ3) is 6.40. The van der Waals surface area contributed by atoms with Crippen LogP contribution in [0.15, 0.2) is 53.0 Å².